The van der Waals surface area contributed by atoms with Crippen LogP contribution in [0.1, 0.15) is 496 Å². The Morgan fingerprint density at radius 3 is 0.701 bits per heavy atom. The van der Waals surface area contributed by atoms with Gasteiger partial charge in [0.2, 0.25) is 0 Å². The first kappa shape index (κ1) is 98.6. The zero-order valence-corrected chi connectivity index (χ0v) is 89.6. The van der Waals surface area contributed by atoms with Crippen LogP contribution < -0.4 is 21.7 Å². The number of hydrogen-bond acceptors (Lipinski definition) is 4. The summed E-state index contributed by atoms with van der Waals surface area (Å²) in [5.41, 5.74) is 32.8. The zero-order valence-electron chi connectivity index (χ0n) is 89.6. The first-order chi connectivity index (χ1) is 62.3. The van der Waals surface area contributed by atoms with Gasteiger partial charge < -0.3 is 18.3 Å². The van der Waals surface area contributed by atoms with Crippen LogP contribution in [0.3, 0.4) is 0 Å². The average molecular weight is 1790 g/mol. The molecule has 1 aliphatic rings. The fraction of sp³-hybridized carbons (Fsp3) is 0.492. The van der Waals surface area contributed by atoms with Gasteiger partial charge in [0.15, 0.2) is 21.7 Å². The number of nitrogens with zero attached hydrogens (tertiary/aromatic N) is 4. The van der Waals surface area contributed by atoms with Gasteiger partial charge in [0.25, 0.3) is 0 Å². The Morgan fingerprint density at radius 2 is 0.433 bits per heavy atom. The van der Waals surface area contributed by atoms with Gasteiger partial charge in [-0.25, -0.2) is 0 Å². The van der Waals surface area contributed by atoms with Gasteiger partial charge in [-0.3, -0.25) is 19.2 Å². The minimum atomic E-state index is -0.579. The van der Waals surface area contributed by atoms with Crippen LogP contribution in [-0.2, 0) is 21.7 Å². The molecule has 8 heteroatoms. The van der Waals surface area contributed by atoms with Crippen molar-refractivity contribution in [1.82, 2.24) is 18.3 Å². The molecule has 4 aromatic heterocycles. The Bertz CT molecular complexity index is 7290. The van der Waals surface area contributed by atoms with Crippen LogP contribution in [0.4, 0.5) is 0 Å². The molecule has 708 valence electrons. The molecule has 0 saturated heterocycles. The number of hydrogen-bond donors (Lipinski definition) is 0. The van der Waals surface area contributed by atoms with Crippen molar-refractivity contribution in [3.63, 3.8) is 0 Å². The van der Waals surface area contributed by atoms with Crippen molar-refractivity contribution in [3.05, 3.63) is 273 Å². The van der Waals surface area contributed by atoms with E-state index in [0.717, 1.165) is 78.1 Å². The second kappa shape index (κ2) is 35.3. The van der Waals surface area contributed by atoms with Crippen molar-refractivity contribution in [2.24, 2.45) is 0 Å². The first-order valence-electron chi connectivity index (χ1n) is 51.5. The monoisotopic (exact) mass is 1790 g/mol. The van der Waals surface area contributed by atoms with Crippen molar-refractivity contribution in [3.8, 4) is 22.7 Å². The summed E-state index contributed by atoms with van der Waals surface area (Å²) in [6.45, 7) is 92.5. The van der Waals surface area contributed by atoms with Crippen molar-refractivity contribution in [2.45, 2.75) is 406 Å². The minimum Gasteiger partial charge on any atom is -0.308 e. The number of fused-ring (bicyclic) bond motifs is 10. The molecule has 0 fully saturated rings. The van der Waals surface area contributed by atoms with Gasteiger partial charge >= 0.3 is 0 Å². The predicted octanol–water partition coefficient (Wildman–Crippen LogP) is 35.1. The van der Waals surface area contributed by atoms with Gasteiger partial charge in [-0.15, -0.1) is 0 Å². The van der Waals surface area contributed by atoms with Crippen molar-refractivity contribution in [2.75, 3.05) is 0 Å². The average Bonchev–Trinajstić information content (AvgIpc) is 0.699. The van der Waals surface area contributed by atoms with Crippen molar-refractivity contribution < 1.29 is 0 Å². The van der Waals surface area contributed by atoms with Crippen LogP contribution in [-0.4, -0.2) is 18.3 Å². The van der Waals surface area contributed by atoms with E-state index in [1.807, 2.05) is 0 Å². The Morgan fingerprint density at radius 1 is 0.231 bits per heavy atom. The molecule has 8 nitrogen and oxygen atoms in total. The fourth-order valence-electron chi connectivity index (χ4n) is 23.5. The number of rotatable bonds is 18. The molecule has 14 aromatic rings. The topological polar surface area (TPSA) is 88.0 Å². The van der Waals surface area contributed by atoms with E-state index in [9.17, 15) is 0 Å². The zero-order chi connectivity index (χ0) is 98.5. The maximum atomic E-state index is 17.6. The third-order valence-electron chi connectivity index (χ3n) is 31.1. The molecule has 0 spiro atoms. The van der Waals surface area contributed by atoms with E-state index in [4.69, 9.17) is 0 Å². The molecule has 0 amide bonds. The smallest absolute Gasteiger partial charge is 0.197 e. The molecule has 134 heavy (non-hydrogen) atoms. The number of benzene rings is 10. The van der Waals surface area contributed by atoms with Crippen LogP contribution >= 0.6 is 0 Å². The lowest BCUT2D eigenvalue weighted by Crippen LogP contribution is -2.31. The Balaban J connectivity index is 1.09. The lowest BCUT2D eigenvalue weighted by atomic mass is 9.64. The third kappa shape index (κ3) is 16.6. The normalized spacial score (nSPS) is 15.5. The van der Waals surface area contributed by atoms with Gasteiger partial charge in [0.05, 0.1) is 66.9 Å². The summed E-state index contributed by atoms with van der Waals surface area (Å²) >= 11 is 0. The van der Waals surface area contributed by atoms with E-state index in [0.29, 0.717) is 61.4 Å². The summed E-state index contributed by atoms with van der Waals surface area (Å²) in [7, 11) is 0. The molecule has 15 rings (SSSR count). The van der Waals surface area contributed by atoms with Crippen LogP contribution in [0.25, 0.3) is 110 Å². The van der Waals surface area contributed by atoms with Gasteiger partial charge in [-0.05, 0) is 313 Å². The van der Waals surface area contributed by atoms with E-state index in [-0.39, 0.29) is 127 Å². The molecule has 10 aromatic carbocycles. The molecule has 0 radical (unpaired) electrons. The van der Waals surface area contributed by atoms with E-state index in [1.165, 1.54) is 94.6 Å². The Hall–Kier alpha value is -9.92. The largest absolute Gasteiger partial charge is 0.308 e. The molecule has 2 atom stereocenters. The Kier molecular flexibility index (Phi) is 25.9. The molecule has 0 N–H and O–H groups in total. The summed E-state index contributed by atoms with van der Waals surface area (Å²) in [5.74, 6) is 1.87. The molecule has 0 bridgehead atoms. The van der Waals surface area contributed by atoms with E-state index in [2.05, 4.69) is 417 Å². The van der Waals surface area contributed by atoms with E-state index < -0.39 is 10.8 Å². The van der Waals surface area contributed by atoms with E-state index in [1.54, 1.807) is 0 Å². The summed E-state index contributed by atoms with van der Waals surface area (Å²) < 4.78 is 9.80. The third-order valence-corrected chi connectivity index (χ3v) is 31.1. The predicted molar refractivity (Wildman–Crippen MR) is 582 cm³/mol. The highest BCUT2D eigenvalue weighted by molar-refractivity contribution is 6.09. The van der Waals surface area contributed by atoms with Gasteiger partial charge in [0, 0.05) is 43.1 Å². The molecule has 4 heterocycles. The standard InChI is InChI=1S/C126H160N4O4/c1-63(2)79-41-85(69(13)14)115(86(42-79)70(15)16)127-107-53-84(68(11)12)83(67(9)10)49-95(107)119(131)99-55-110-100(56-109(99)127)120(132)96-50-93-77(29)61-126(39,40)106-60-114-98(52-105(106)125(37,38)62-78(30)94(93)54-108(96)128(110)116-87(71(17)18)43-80(64(3)4)44-88(116)72(19)20)122(134)102-58-111-101(57-112(102)130(114)118-91(75(25)26)47-82(66(7)8)48-92(118)76(27)28)121(133)97-51-103(123(31,32)33)104(124(34,35)36)59-113(97)129(111)117-89(73(21)22)45-81(65(5)6)46-90(117)74(23)24/h41-60,63-78H,61-62H2,1-40H3. The molecule has 0 saturated carbocycles. The van der Waals surface area contributed by atoms with Gasteiger partial charge in [-0.2, -0.15) is 0 Å². The lowest BCUT2D eigenvalue weighted by molar-refractivity contribution is 0.386. The Labute approximate surface area is 802 Å². The highest BCUT2D eigenvalue weighted by Gasteiger charge is 2.41. The SMILES string of the molecule is CC(C)c1cc(C(C)C)c(-n2c3cc(C(C)C)c(C(C)C)cc3c(=O)c3cc4c(cc32)c(=O)c2cc3c(cc2n4-c2c(C(C)C)cc(C(C)C)cc2C(C)C)C(C)CC(C)(C)c2cc4c(=O)c5cc6c(cc5n(-c5c(C(C)C)cc(C(C)C)cc5C(C)C)c4cc2C(C)(C)CC3C)c(=O)c2cc(C(C)(C)C)c(C(C)(C)C)cc2n6-c2c(C(C)C)cc(C(C)C)cc2C(C)C)c(C(C)C)c1. The maximum absolute atomic E-state index is 17.6. The number of pyridine rings is 4. The second-order valence-electron chi connectivity index (χ2n) is 49.1. The fourth-order valence-corrected chi connectivity index (χ4v) is 23.5. The molecule has 0 aliphatic heterocycles. The molecular weight excluding hydrogens is 1630 g/mol. The first-order valence-corrected chi connectivity index (χ1v) is 51.5. The molecule has 1 aliphatic carbocycles. The van der Waals surface area contributed by atoms with Crippen LogP contribution in [0, 0.1) is 0 Å². The minimum absolute atomic E-state index is 0.0381. The highest BCUT2D eigenvalue weighted by atomic mass is 16.1. The quantitative estimate of drug-likeness (QED) is 0.0801. The van der Waals surface area contributed by atoms with E-state index >= 15 is 19.2 Å². The van der Waals surface area contributed by atoms with Crippen molar-refractivity contribution >= 4 is 87.2 Å². The highest BCUT2D eigenvalue weighted by Crippen LogP contribution is 2.53. The summed E-state index contributed by atoms with van der Waals surface area (Å²) in [6.07, 6.45) is 1.39. The maximum Gasteiger partial charge on any atom is 0.197 e. The van der Waals surface area contributed by atoms with Crippen LogP contribution in [0.15, 0.2) is 141 Å². The van der Waals surface area contributed by atoms with Gasteiger partial charge in [-0.1, -0.05) is 325 Å². The number of aromatic nitrogens is 4. The molecular formula is C126H160N4O4. The summed E-state index contributed by atoms with van der Waals surface area (Å²) in [5, 5.41) is 4.94. The summed E-state index contributed by atoms with van der Waals surface area (Å²) in [4.78, 5) is 68.7. The van der Waals surface area contributed by atoms with Crippen LogP contribution in [0.5, 0.6) is 0 Å². The second-order valence-corrected chi connectivity index (χ2v) is 49.1. The van der Waals surface area contributed by atoms with Gasteiger partial charge in [0.1, 0.15) is 0 Å². The lowest BCUT2D eigenvalue weighted by Gasteiger charge is -2.40. The van der Waals surface area contributed by atoms with Crippen molar-refractivity contribution in [1.29, 1.82) is 0 Å². The summed E-state index contributed by atoms with van der Waals surface area (Å²) in [6, 6.07) is 46.7. The van der Waals surface area contributed by atoms with Crippen LogP contribution in [0.2, 0.25) is 0 Å². The molecule has 2 unspecified atom stereocenters.